The molecule has 1 atom stereocenters. The Bertz CT molecular complexity index is 440. The highest BCUT2D eigenvalue weighted by molar-refractivity contribution is 5.65. The van der Waals surface area contributed by atoms with Gasteiger partial charge in [-0.2, -0.15) is 0 Å². The van der Waals surface area contributed by atoms with E-state index in [4.69, 9.17) is 9.47 Å². The first-order valence-corrected chi connectivity index (χ1v) is 7.40. The Hall–Kier alpha value is -1.33. The molecule has 0 saturated carbocycles. The summed E-state index contributed by atoms with van der Waals surface area (Å²) in [6.45, 7) is 5.42. The molecule has 1 aromatic heterocycles. The molecule has 0 aromatic carbocycles. The molecule has 1 unspecified atom stereocenters. The van der Waals surface area contributed by atoms with Gasteiger partial charge in [0.25, 0.3) is 0 Å². The summed E-state index contributed by atoms with van der Waals surface area (Å²) in [5.74, 6) is 0.923. The predicted molar refractivity (Wildman–Crippen MR) is 79.2 cm³/mol. The zero-order valence-electron chi connectivity index (χ0n) is 12.0. The fraction of sp³-hybridized carbons (Fsp3) is 0.667. The van der Waals surface area contributed by atoms with Crippen LogP contribution in [0.2, 0.25) is 0 Å². The molecule has 1 aromatic rings. The molecule has 2 saturated heterocycles. The molecular weight excluding hydrogens is 254 g/mol. The second kappa shape index (κ2) is 5.97. The van der Waals surface area contributed by atoms with Crippen LogP contribution in [0.3, 0.4) is 0 Å². The topological polar surface area (TPSA) is 55.4 Å². The molecule has 2 N–H and O–H groups in total. The molecule has 3 rings (SSSR count). The van der Waals surface area contributed by atoms with Crippen LogP contribution in [0.25, 0.3) is 0 Å². The summed E-state index contributed by atoms with van der Waals surface area (Å²) in [7, 11) is 0. The SMILES string of the molecule is CC1(Nc2ncccc2NC2CCOCC2)CCOC1. The highest BCUT2D eigenvalue weighted by atomic mass is 16.5. The van der Waals surface area contributed by atoms with E-state index in [0.717, 1.165) is 57.2 Å². The van der Waals surface area contributed by atoms with Gasteiger partial charge in [0.15, 0.2) is 0 Å². The van der Waals surface area contributed by atoms with Gasteiger partial charge in [0.05, 0.1) is 17.8 Å². The number of nitrogens with zero attached hydrogens (tertiary/aromatic N) is 1. The normalized spacial score (nSPS) is 27.4. The number of anilines is 2. The summed E-state index contributed by atoms with van der Waals surface area (Å²) in [4.78, 5) is 4.49. The number of pyridine rings is 1. The molecule has 0 spiro atoms. The molecule has 0 bridgehead atoms. The van der Waals surface area contributed by atoms with Gasteiger partial charge < -0.3 is 20.1 Å². The number of rotatable bonds is 4. The maximum atomic E-state index is 5.49. The van der Waals surface area contributed by atoms with Gasteiger partial charge >= 0.3 is 0 Å². The maximum Gasteiger partial charge on any atom is 0.149 e. The zero-order valence-corrected chi connectivity index (χ0v) is 12.0. The Morgan fingerprint density at radius 2 is 2.10 bits per heavy atom. The smallest absolute Gasteiger partial charge is 0.149 e. The first kappa shape index (κ1) is 13.6. The summed E-state index contributed by atoms with van der Waals surface area (Å²) in [6.07, 6.45) is 4.94. The van der Waals surface area contributed by atoms with Crippen molar-refractivity contribution in [3.8, 4) is 0 Å². The fourth-order valence-corrected chi connectivity index (χ4v) is 2.73. The van der Waals surface area contributed by atoms with Gasteiger partial charge in [0.2, 0.25) is 0 Å². The van der Waals surface area contributed by atoms with Gasteiger partial charge in [0, 0.05) is 32.1 Å². The Morgan fingerprint density at radius 3 is 2.85 bits per heavy atom. The lowest BCUT2D eigenvalue weighted by Gasteiger charge is -2.28. The van der Waals surface area contributed by atoms with Gasteiger partial charge in [0.1, 0.15) is 5.82 Å². The van der Waals surface area contributed by atoms with Crippen molar-refractivity contribution in [3.05, 3.63) is 18.3 Å². The van der Waals surface area contributed by atoms with Crippen molar-refractivity contribution in [2.24, 2.45) is 0 Å². The molecule has 5 heteroatoms. The average Bonchev–Trinajstić information content (AvgIpc) is 2.89. The van der Waals surface area contributed by atoms with Crippen molar-refractivity contribution in [1.29, 1.82) is 0 Å². The predicted octanol–water partition coefficient (Wildman–Crippen LogP) is 2.26. The van der Waals surface area contributed by atoms with Crippen molar-refractivity contribution < 1.29 is 9.47 Å². The van der Waals surface area contributed by atoms with Crippen LogP contribution in [0.4, 0.5) is 11.5 Å². The third kappa shape index (κ3) is 3.22. The monoisotopic (exact) mass is 277 g/mol. The quantitative estimate of drug-likeness (QED) is 0.884. The van der Waals surface area contributed by atoms with Crippen LogP contribution in [-0.2, 0) is 9.47 Å². The van der Waals surface area contributed by atoms with E-state index in [1.807, 2.05) is 12.3 Å². The lowest BCUT2D eigenvalue weighted by atomic mass is 10.0. The van der Waals surface area contributed by atoms with Gasteiger partial charge in [-0.15, -0.1) is 0 Å². The average molecular weight is 277 g/mol. The number of aromatic nitrogens is 1. The lowest BCUT2D eigenvalue weighted by molar-refractivity contribution is 0.0904. The fourth-order valence-electron chi connectivity index (χ4n) is 2.73. The van der Waals surface area contributed by atoms with Gasteiger partial charge in [-0.25, -0.2) is 4.98 Å². The highest BCUT2D eigenvalue weighted by Gasteiger charge is 2.30. The lowest BCUT2D eigenvalue weighted by Crippen LogP contribution is -2.36. The Morgan fingerprint density at radius 1 is 1.25 bits per heavy atom. The van der Waals surface area contributed by atoms with E-state index in [1.54, 1.807) is 0 Å². The maximum absolute atomic E-state index is 5.49. The van der Waals surface area contributed by atoms with Crippen LogP contribution in [0, 0.1) is 0 Å². The van der Waals surface area contributed by atoms with E-state index in [1.165, 1.54) is 0 Å². The third-order valence-electron chi connectivity index (χ3n) is 4.03. The summed E-state index contributed by atoms with van der Waals surface area (Å²) < 4.78 is 10.9. The molecule has 2 aliphatic rings. The summed E-state index contributed by atoms with van der Waals surface area (Å²) in [5, 5.41) is 7.14. The minimum absolute atomic E-state index is 0.0134. The van der Waals surface area contributed by atoms with Crippen LogP contribution in [0.1, 0.15) is 26.2 Å². The summed E-state index contributed by atoms with van der Waals surface area (Å²) in [6, 6.07) is 4.53. The van der Waals surface area contributed by atoms with Gasteiger partial charge in [-0.3, -0.25) is 0 Å². The molecule has 3 heterocycles. The molecule has 5 nitrogen and oxygen atoms in total. The van der Waals surface area contributed by atoms with Gasteiger partial charge in [-0.05, 0) is 38.3 Å². The Labute approximate surface area is 120 Å². The molecule has 110 valence electrons. The van der Waals surface area contributed by atoms with Crippen molar-refractivity contribution in [1.82, 2.24) is 4.98 Å². The minimum atomic E-state index is -0.0134. The third-order valence-corrected chi connectivity index (χ3v) is 4.03. The standard InChI is InChI=1S/C15H23N3O2/c1-15(6-10-20-11-15)18-14-13(3-2-7-16-14)17-12-4-8-19-9-5-12/h2-3,7,12,17H,4-6,8-11H2,1H3,(H,16,18). The first-order chi connectivity index (χ1) is 9.75. The van der Waals surface area contributed by atoms with Crippen LogP contribution < -0.4 is 10.6 Å². The van der Waals surface area contributed by atoms with E-state index in [9.17, 15) is 0 Å². The van der Waals surface area contributed by atoms with Crippen LogP contribution in [-0.4, -0.2) is 43.0 Å². The largest absolute Gasteiger partial charge is 0.381 e. The van der Waals surface area contributed by atoms with Crippen LogP contribution >= 0.6 is 0 Å². The minimum Gasteiger partial charge on any atom is -0.381 e. The summed E-state index contributed by atoms with van der Waals surface area (Å²) >= 11 is 0. The van der Waals surface area contributed by atoms with Crippen molar-refractivity contribution in [2.75, 3.05) is 37.1 Å². The summed E-state index contributed by atoms with van der Waals surface area (Å²) in [5.41, 5.74) is 1.06. The molecular formula is C15H23N3O2. The molecule has 20 heavy (non-hydrogen) atoms. The number of nitrogens with one attached hydrogen (secondary N) is 2. The molecule has 0 amide bonds. The molecule has 0 radical (unpaired) electrons. The van der Waals surface area contributed by atoms with Crippen molar-refractivity contribution in [2.45, 2.75) is 37.8 Å². The molecule has 0 aliphatic carbocycles. The van der Waals surface area contributed by atoms with Crippen LogP contribution in [0.5, 0.6) is 0 Å². The van der Waals surface area contributed by atoms with Gasteiger partial charge in [-0.1, -0.05) is 0 Å². The second-order valence-electron chi connectivity index (χ2n) is 5.92. The van der Waals surface area contributed by atoms with Crippen LogP contribution in [0.15, 0.2) is 18.3 Å². The molecule has 2 aliphatic heterocycles. The number of hydrogen-bond donors (Lipinski definition) is 2. The van der Waals surface area contributed by atoms with E-state index in [-0.39, 0.29) is 5.54 Å². The zero-order chi connectivity index (χ0) is 13.8. The Balaban J connectivity index is 1.70. The number of hydrogen-bond acceptors (Lipinski definition) is 5. The second-order valence-corrected chi connectivity index (χ2v) is 5.92. The van der Waals surface area contributed by atoms with Crippen molar-refractivity contribution >= 4 is 11.5 Å². The Kier molecular flexibility index (Phi) is 4.08. The first-order valence-electron chi connectivity index (χ1n) is 7.40. The van der Waals surface area contributed by atoms with E-state index < -0.39 is 0 Å². The van der Waals surface area contributed by atoms with E-state index in [0.29, 0.717) is 6.04 Å². The van der Waals surface area contributed by atoms with E-state index >= 15 is 0 Å². The van der Waals surface area contributed by atoms with Crippen molar-refractivity contribution in [3.63, 3.8) is 0 Å². The number of ether oxygens (including phenoxy) is 2. The van der Waals surface area contributed by atoms with E-state index in [2.05, 4.69) is 28.6 Å². The molecule has 2 fully saturated rings. The highest BCUT2D eigenvalue weighted by Crippen LogP contribution is 2.28.